The monoisotopic (exact) mass is 413 g/mol. The van der Waals surface area contributed by atoms with E-state index < -0.39 is 0 Å². The number of rotatable bonds is 3. The van der Waals surface area contributed by atoms with Crippen LogP contribution in [0.25, 0.3) is 10.2 Å². The van der Waals surface area contributed by atoms with Gasteiger partial charge in [0.05, 0.1) is 16.1 Å². The zero-order chi connectivity index (χ0) is 19.7. The highest BCUT2D eigenvalue weighted by Gasteiger charge is 2.29. The number of amides is 2. The first-order valence-corrected chi connectivity index (χ1v) is 10.4. The van der Waals surface area contributed by atoms with E-state index in [2.05, 4.69) is 10.3 Å². The minimum Gasteiger partial charge on any atom is -0.338 e. The molecule has 0 aliphatic carbocycles. The molecule has 2 heterocycles. The molecule has 0 unspecified atom stereocenters. The fourth-order valence-corrected chi connectivity index (χ4v) is 4.57. The van der Waals surface area contributed by atoms with Crippen LogP contribution in [0.15, 0.2) is 42.5 Å². The predicted molar refractivity (Wildman–Crippen MR) is 113 cm³/mol. The molecule has 144 valence electrons. The predicted octanol–water partition coefficient (Wildman–Crippen LogP) is 4.75. The summed E-state index contributed by atoms with van der Waals surface area (Å²) in [6.45, 7) is 3.08. The first-order chi connectivity index (χ1) is 13.5. The molecule has 2 amide bonds. The number of piperidine rings is 1. The van der Waals surface area contributed by atoms with E-state index in [9.17, 15) is 9.59 Å². The van der Waals surface area contributed by atoms with Crippen LogP contribution in [-0.2, 0) is 4.79 Å². The Balaban J connectivity index is 1.44. The number of carbonyl (C=O) groups excluding carboxylic acids is 2. The van der Waals surface area contributed by atoms with Crippen LogP contribution in [-0.4, -0.2) is 34.8 Å². The lowest BCUT2D eigenvalue weighted by Gasteiger charge is -2.32. The third-order valence-electron chi connectivity index (χ3n) is 5.02. The Morgan fingerprint density at radius 3 is 2.75 bits per heavy atom. The first kappa shape index (κ1) is 18.9. The maximum Gasteiger partial charge on any atom is 0.253 e. The van der Waals surface area contributed by atoms with Crippen LogP contribution < -0.4 is 5.32 Å². The van der Waals surface area contributed by atoms with E-state index in [0.717, 1.165) is 28.6 Å². The summed E-state index contributed by atoms with van der Waals surface area (Å²) in [5.74, 6) is -0.381. The smallest absolute Gasteiger partial charge is 0.253 e. The fourth-order valence-electron chi connectivity index (χ4n) is 3.50. The van der Waals surface area contributed by atoms with Gasteiger partial charge in [-0.15, -0.1) is 0 Å². The van der Waals surface area contributed by atoms with Gasteiger partial charge in [-0.3, -0.25) is 9.59 Å². The Kier molecular flexibility index (Phi) is 5.33. The minimum absolute atomic E-state index is 0.0650. The van der Waals surface area contributed by atoms with Gasteiger partial charge in [0.2, 0.25) is 5.91 Å². The zero-order valence-corrected chi connectivity index (χ0v) is 17.0. The average Bonchev–Trinajstić information content (AvgIpc) is 3.12. The number of aromatic nitrogens is 1. The number of para-hydroxylation sites is 1. The summed E-state index contributed by atoms with van der Waals surface area (Å²) in [7, 11) is 0. The molecule has 1 N–H and O–H groups in total. The van der Waals surface area contributed by atoms with E-state index in [4.69, 9.17) is 11.6 Å². The molecule has 1 fully saturated rings. The van der Waals surface area contributed by atoms with Crippen molar-refractivity contribution in [1.29, 1.82) is 0 Å². The van der Waals surface area contributed by atoms with Crippen LogP contribution in [0.1, 0.15) is 28.8 Å². The van der Waals surface area contributed by atoms with Gasteiger partial charge in [0.1, 0.15) is 0 Å². The molecule has 0 saturated carbocycles. The Morgan fingerprint density at radius 1 is 1.21 bits per heavy atom. The van der Waals surface area contributed by atoms with Crippen molar-refractivity contribution < 1.29 is 9.59 Å². The lowest BCUT2D eigenvalue weighted by atomic mass is 9.96. The number of hydrogen-bond acceptors (Lipinski definition) is 4. The van der Waals surface area contributed by atoms with Gasteiger partial charge in [0.15, 0.2) is 5.13 Å². The number of nitrogens with one attached hydrogen (secondary N) is 1. The summed E-state index contributed by atoms with van der Waals surface area (Å²) in [4.78, 5) is 31.8. The number of nitrogens with zero attached hydrogens (tertiary/aromatic N) is 2. The quantitative estimate of drug-likeness (QED) is 0.674. The van der Waals surface area contributed by atoms with Gasteiger partial charge in [-0.05, 0) is 55.7 Å². The van der Waals surface area contributed by atoms with E-state index in [1.54, 1.807) is 29.2 Å². The lowest BCUT2D eigenvalue weighted by molar-refractivity contribution is -0.121. The topological polar surface area (TPSA) is 62.3 Å². The van der Waals surface area contributed by atoms with Crippen molar-refractivity contribution in [3.8, 4) is 0 Å². The maximum atomic E-state index is 12.8. The van der Waals surface area contributed by atoms with E-state index in [0.29, 0.717) is 28.8 Å². The van der Waals surface area contributed by atoms with Gasteiger partial charge in [-0.25, -0.2) is 4.98 Å². The Labute approximate surface area is 172 Å². The summed E-state index contributed by atoms with van der Waals surface area (Å²) in [5, 5.41) is 4.15. The normalized spacial score (nSPS) is 16.9. The second-order valence-electron chi connectivity index (χ2n) is 7.03. The van der Waals surface area contributed by atoms with Crippen LogP contribution in [0, 0.1) is 12.8 Å². The maximum absolute atomic E-state index is 12.8. The van der Waals surface area contributed by atoms with E-state index in [-0.39, 0.29) is 17.7 Å². The summed E-state index contributed by atoms with van der Waals surface area (Å²) in [6.07, 6.45) is 1.57. The molecule has 1 aliphatic rings. The number of benzene rings is 2. The SMILES string of the molecule is Cc1cccc2sc(NC(=O)[C@H]3CCCN(C(=O)c4ccc(Cl)cc4)C3)nc12. The van der Waals surface area contributed by atoms with Crippen molar-refractivity contribution in [2.24, 2.45) is 5.92 Å². The summed E-state index contributed by atoms with van der Waals surface area (Å²) in [5.41, 5.74) is 2.60. The van der Waals surface area contributed by atoms with Crippen molar-refractivity contribution in [1.82, 2.24) is 9.88 Å². The van der Waals surface area contributed by atoms with E-state index in [1.807, 2.05) is 25.1 Å². The third-order valence-corrected chi connectivity index (χ3v) is 6.21. The molecule has 5 nitrogen and oxygen atoms in total. The number of aryl methyl sites for hydroxylation is 1. The largest absolute Gasteiger partial charge is 0.338 e. The lowest BCUT2D eigenvalue weighted by Crippen LogP contribution is -2.43. The van der Waals surface area contributed by atoms with Crippen molar-refractivity contribution in [3.05, 3.63) is 58.6 Å². The van der Waals surface area contributed by atoms with Crippen molar-refractivity contribution in [3.63, 3.8) is 0 Å². The molecule has 1 atom stereocenters. The third kappa shape index (κ3) is 3.88. The first-order valence-electron chi connectivity index (χ1n) is 9.23. The molecule has 0 radical (unpaired) electrons. The van der Waals surface area contributed by atoms with Crippen LogP contribution in [0.5, 0.6) is 0 Å². The molecule has 0 spiro atoms. The number of hydrogen-bond donors (Lipinski definition) is 1. The zero-order valence-electron chi connectivity index (χ0n) is 15.4. The second-order valence-corrected chi connectivity index (χ2v) is 8.49. The molecular formula is C21H20ClN3O2S. The van der Waals surface area contributed by atoms with Gasteiger partial charge in [0, 0.05) is 23.7 Å². The molecule has 7 heteroatoms. The molecule has 2 aromatic carbocycles. The van der Waals surface area contributed by atoms with Gasteiger partial charge in [-0.2, -0.15) is 0 Å². The highest BCUT2D eigenvalue weighted by atomic mass is 35.5. The number of thiazole rings is 1. The fraction of sp³-hybridized carbons (Fsp3) is 0.286. The number of fused-ring (bicyclic) bond motifs is 1. The Hall–Kier alpha value is -2.44. The van der Waals surface area contributed by atoms with Gasteiger partial charge in [-0.1, -0.05) is 35.1 Å². The summed E-state index contributed by atoms with van der Waals surface area (Å²) >= 11 is 7.37. The van der Waals surface area contributed by atoms with Crippen LogP contribution in [0.2, 0.25) is 5.02 Å². The summed E-state index contributed by atoms with van der Waals surface area (Å²) < 4.78 is 1.05. The molecule has 1 aliphatic heterocycles. The van der Waals surface area contributed by atoms with Gasteiger partial charge >= 0.3 is 0 Å². The Morgan fingerprint density at radius 2 is 2.00 bits per heavy atom. The van der Waals surface area contributed by atoms with Crippen LogP contribution in [0.3, 0.4) is 0 Å². The standard InChI is InChI=1S/C21H20ClN3O2S/c1-13-4-2-6-17-18(13)23-21(28-17)24-19(26)15-5-3-11-25(12-15)20(27)14-7-9-16(22)10-8-14/h2,4,6-10,15H,3,5,11-12H2,1H3,(H,23,24,26)/t15-/m0/s1. The number of anilines is 1. The molecule has 0 bridgehead atoms. The van der Waals surface area contributed by atoms with E-state index >= 15 is 0 Å². The molecule has 1 saturated heterocycles. The van der Waals surface area contributed by atoms with Crippen molar-refractivity contribution >= 4 is 50.1 Å². The van der Waals surface area contributed by atoms with E-state index in [1.165, 1.54) is 11.3 Å². The van der Waals surface area contributed by atoms with Crippen molar-refractivity contribution in [2.75, 3.05) is 18.4 Å². The highest BCUT2D eigenvalue weighted by Crippen LogP contribution is 2.29. The minimum atomic E-state index is -0.238. The summed E-state index contributed by atoms with van der Waals surface area (Å²) in [6, 6.07) is 12.9. The molecule has 1 aromatic heterocycles. The number of carbonyl (C=O) groups is 2. The number of halogens is 1. The Bertz CT molecular complexity index is 1030. The van der Waals surface area contributed by atoms with Crippen LogP contribution in [0.4, 0.5) is 5.13 Å². The second kappa shape index (κ2) is 7.89. The van der Waals surface area contributed by atoms with Gasteiger partial charge in [0.25, 0.3) is 5.91 Å². The molecular weight excluding hydrogens is 394 g/mol. The van der Waals surface area contributed by atoms with Crippen LogP contribution >= 0.6 is 22.9 Å². The van der Waals surface area contributed by atoms with Crippen molar-refractivity contribution in [2.45, 2.75) is 19.8 Å². The molecule has 3 aromatic rings. The highest BCUT2D eigenvalue weighted by molar-refractivity contribution is 7.22. The average molecular weight is 414 g/mol. The molecule has 4 rings (SSSR count). The van der Waals surface area contributed by atoms with Gasteiger partial charge < -0.3 is 10.2 Å². The molecule has 28 heavy (non-hydrogen) atoms. The number of likely N-dealkylation sites (tertiary alicyclic amines) is 1.